The number of rotatable bonds is 6. The number of nitrogens with zero attached hydrogens (tertiary/aromatic N) is 1. The van der Waals surface area contributed by atoms with E-state index in [9.17, 15) is 0 Å². The molecule has 0 amide bonds. The fourth-order valence-corrected chi connectivity index (χ4v) is 3.35. The smallest absolute Gasteiger partial charge is 0.191 e. The zero-order valence-corrected chi connectivity index (χ0v) is 15.6. The minimum atomic E-state index is 0. The van der Waals surface area contributed by atoms with E-state index in [4.69, 9.17) is 4.99 Å². The van der Waals surface area contributed by atoms with Gasteiger partial charge in [0.1, 0.15) is 0 Å². The van der Waals surface area contributed by atoms with E-state index in [-0.39, 0.29) is 24.0 Å². The summed E-state index contributed by atoms with van der Waals surface area (Å²) < 4.78 is 0.363. The Labute approximate surface area is 137 Å². The highest BCUT2D eigenvalue weighted by Gasteiger charge is 2.29. The van der Waals surface area contributed by atoms with Crippen molar-refractivity contribution in [3.63, 3.8) is 0 Å². The quantitative estimate of drug-likeness (QED) is 0.310. The summed E-state index contributed by atoms with van der Waals surface area (Å²) >= 11 is 3.92. The zero-order chi connectivity index (χ0) is 12.6. The van der Waals surface area contributed by atoms with Crippen LogP contribution >= 0.6 is 47.5 Å². The van der Waals surface area contributed by atoms with Crippen LogP contribution in [-0.2, 0) is 0 Å². The fraction of sp³-hybridized carbons (Fsp3) is 0.917. The van der Waals surface area contributed by atoms with Gasteiger partial charge < -0.3 is 10.6 Å². The van der Waals surface area contributed by atoms with E-state index in [1.54, 1.807) is 0 Å². The third-order valence-corrected chi connectivity index (χ3v) is 4.95. The number of hydrogen-bond donors (Lipinski definition) is 2. The summed E-state index contributed by atoms with van der Waals surface area (Å²) in [7, 11) is 0. The highest BCUT2D eigenvalue weighted by Crippen LogP contribution is 2.37. The standard InChI is InChI=1S/C12H25N3S2.HI/c1-4-13-11(14-7-9-16-3)15-10-12(2)6-5-8-17-12;/h4-10H2,1-3H3,(H2,13,14,15);1H. The predicted octanol–water partition coefficient (Wildman–Crippen LogP) is 2.81. The Morgan fingerprint density at radius 1 is 1.44 bits per heavy atom. The first-order chi connectivity index (χ1) is 8.20. The van der Waals surface area contributed by atoms with Gasteiger partial charge in [0.25, 0.3) is 0 Å². The Morgan fingerprint density at radius 3 is 2.78 bits per heavy atom. The first kappa shape index (κ1) is 18.7. The molecule has 1 fully saturated rings. The molecule has 1 saturated heterocycles. The lowest BCUT2D eigenvalue weighted by atomic mass is 10.1. The molecule has 1 atom stereocenters. The van der Waals surface area contributed by atoms with Gasteiger partial charge in [-0.05, 0) is 38.7 Å². The van der Waals surface area contributed by atoms with Crippen LogP contribution in [0.15, 0.2) is 4.99 Å². The molecule has 1 aliphatic rings. The minimum Gasteiger partial charge on any atom is -0.357 e. The van der Waals surface area contributed by atoms with Gasteiger partial charge in [0.2, 0.25) is 0 Å². The van der Waals surface area contributed by atoms with Gasteiger partial charge in [-0.25, -0.2) is 0 Å². The molecule has 0 bridgehead atoms. The Morgan fingerprint density at radius 2 is 2.22 bits per heavy atom. The molecule has 108 valence electrons. The molecule has 0 aliphatic carbocycles. The molecule has 0 saturated carbocycles. The van der Waals surface area contributed by atoms with Crippen molar-refractivity contribution < 1.29 is 0 Å². The molecular formula is C12H26IN3S2. The van der Waals surface area contributed by atoms with Crippen molar-refractivity contribution in [1.82, 2.24) is 10.6 Å². The van der Waals surface area contributed by atoms with Gasteiger partial charge >= 0.3 is 0 Å². The third-order valence-electron chi connectivity index (χ3n) is 2.81. The summed E-state index contributed by atoms with van der Waals surface area (Å²) in [5, 5.41) is 6.67. The van der Waals surface area contributed by atoms with E-state index in [1.165, 1.54) is 18.6 Å². The van der Waals surface area contributed by atoms with Gasteiger partial charge in [-0.1, -0.05) is 0 Å². The molecule has 0 aromatic heterocycles. The van der Waals surface area contributed by atoms with Crippen LogP contribution < -0.4 is 10.6 Å². The van der Waals surface area contributed by atoms with Crippen LogP contribution in [0.5, 0.6) is 0 Å². The van der Waals surface area contributed by atoms with Crippen molar-refractivity contribution in [2.24, 2.45) is 4.99 Å². The molecular weight excluding hydrogens is 377 g/mol. The van der Waals surface area contributed by atoms with Crippen LogP contribution in [0.1, 0.15) is 26.7 Å². The highest BCUT2D eigenvalue weighted by atomic mass is 127. The number of nitrogens with one attached hydrogen (secondary N) is 2. The predicted molar refractivity (Wildman–Crippen MR) is 97.9 cm³/mol. The van der Waals surface area contributed by atoms with Crippen molar-refractivity contribution in [3.05, 3.63) is 0 Å². The Hall–Kier alpha value is 0.700. The molecule has 0 aromatic rings. The number of guanidine groups is 1. The van der Waals surface area contributed by atoms with Gasteiger partial charge in [0, 0.05) is 23.6 Å². The lowest BCUT2D eigenvalue weighted by Gasteiger charge is -2.21. The monoisotopic (exact) mass is 403 g/mol. The van der Waals surface area contributed by atoms with E-state index >= 15 is 0 Å². The van der Waals surface area contributed by atoms with Crippen LogP contribution in [0.25, 0.3) is 0 Å². The average molecular weight is 403 g/mol. The molecule has 0 aromatic carbocycles. The van der Waals surface area contributed by atoms with Crippen molar-refractivity contribution in [3.8, 4) is 0 Å². The van der Waals surface area contributed by atoms with Gasteiger partial charge in [0.15, 0.2) is 5.96 Å². The van der Waals surface area contributed by atoms with Crippen LogP contribution in [0, 0.1) is 0 Å². The Balaban J connectivity index is 0.00000289. The Bertz CT molecular complexity index is 243. The maximum absolute atomic E-state index is 4.70. The zero-order valence-electron chi connectivity index (χ0n) is 11.6. The van der Waals surface area contributed by atoms with E-state index in [0.717, 1.165) is 31.3 Å². The van der Waals surface area contributed by atoms with Gasteiger partial charge in [-0.2, -0.15) is 23.5 Å². The lowest BCUT2D eigenvalue weighted by Crippen LogP contribution is -2.39. The summed E-state index contributed by atoms with van der Waals surface area (Å²) in [4.78, 5) is 4.70. The maximum atomic E-state index is 4.70. The van der Waals surface area contributed by atoms with Crippen LogP contribution in [0.3, 0.4) is 0 Å². The summed E-state index contributed by atoms with van der Waals surface area (Å²) in [5.41, 5.74) is 0. The highest BCUT2D eigenvalue weighted by molar-refractivity contribution is 14.0. The van der Waals surface area contributed by atoms with Gasteiger partial charge in [-0.15, -0.1) is 24.0 Å². The van der Waals surface area contributed by atoms with E-state index in [1.807, 2.05) is 11.8 Å². The normalized spacial score (nSPS) is 23.6. The molecule has 3 nitrogen and oxygen atoms in total. The van der Waals surface area contributed by atoms with E-state index < -0.39 is 0 Å². The largest absolute Gasteiger partial charge is 0.357 e. The topological polar surface area (TPSA) is 36.4 Å². The van der Waals surface area contributed by atoms with Gasteiger partial charge in [-0.3, -0.25) is 4.99 Å². The third kappa shape index (κ3) is 7.33. The van der Waals surface area contributed by atoms with Gasteiger partial charge in [0.05, 0.1) is 6.54 Å². The van der Waals surface area contributed by atoms with Crippen LogP contribution in [0.2, 0.25) is 0 Å². The van der Waals surface area contributed by atoms with E-state index in [0.29, 0.717) is 4.75 Å². The molecule has 6 heteroatoms. The van der Waals surface area contributed by atoms with E-state index in [2.05, 4.69) is 42.5 Å². The van der Waals surface area contributed by atoms with Crippen LogP contribution in [0.4, 0.5) is 0 Å². The van der Waals surface area contributed by atoms with Crippen LogP contribution in [-0.4, -0.2) is 48.1 Å². The average Bonchev–Trinajstić information content (AvgIpc) is 2.74. The second-order valence-corrected chi connectivity index (χ2v) is 7.18. The molecule has 2 N–H and O–H groups in total. The molecule has 1 rings (SSSR count). The first-order valence-electron chi connectivity index (χ1n) is 6.35. The number of thioether (sulfide) groups is 2. The summed E-state index contributed by atoms with van der Waals surface area (Å²) in [6.07, 6.45) is 4.76. The molecule has 1 heterocycles. The summed E-state index contributed by atoms with van der Waals surface area (Å²) in [6.45, 7) is 7.27. The maximum Gasteiger partial charge on any atom is 0.191 e. The van der Waals surface area contributed by atoms with Crippen molar-refractivity contribution >= 4 is 53.5 Å². The number of hydrogen-bond acceptors (Lipinski definition) is 3. The van der Waals surface area contributed by atoms with Crippen molar-refractivity contribution in [2.75, 3.05) is 37.4 Å². The van der Waals surface area contributed by atoms with Crippen molar-refractivity contribution in [1.29, 1.82) is 0 Å². The number of halogens is 1. The molecule has 1 aliphatic heterocycles. The second kappa shape index (κ2) is 10.5. The molecule has 0 spiro atoms. The Kier molecular flexibility index (Phi) is 10.9. The SMILES string of the molecule is CCNC(=NCC1(C)CCCS1)NCCSC.I. The second-order valence-electron chi connectivity index (χ2n) is 4.52. The molecule has 1 unspecified atom stereocenters. The summed E-state index contributed by atoms with van der Waals surface area (Å²) in [5.74, 6) is 3.38. The van der Waals surface area contributed by atoms with Crippen molar-refractivity contribution in [2.45, 2.75) is 31.4 Å². The lowest BCUT2D eigenvalue weighted by molar-refractivity contribution is 0.615. The minimum absolute atomic E-state index is 0. The number of aliphatic imine (C=N–C) groups is 1. The first-order valence-corrected chi connectivity index (χ1v) is 8.73. The summed E-state index contributed by atoms with van der Waals surface area (Å²) in [6, 6.07) is 0. The fourth-order valence-electron chi connectivity index (χ4n) is 1.82. The molecule has 0 radical (unpaired) electrons. The molecule has 18 heavy (non-hydrogen) atoms.